The molecule has 100 valence electrons. The van der Waals surface area contributed by atoms with E-state index >= 15 is 0 Å². The van der Waals surface area contributed by atoms with Crippen molar-refractivity contribution in [2.75, 3.05) is 6.54 Å². The normalized spacial score (nSPS) is 18.3. The van der Waals surface area contributed by atoms with Crippen LogP contribution < -0.4 is 5.73 Å². The molecule has 1 fully saturated rings. The summed E-state index contributed by atoms with van der Waals surface area (Å²) < 4.78 is 0. The number of rotatable bonds is 3. The number of nitrogens with two attached hydrogens (primary N) is 1. The third-order valence-corrected chi connectivity index (χ3v) is 3.22. The fraction of sp³-hybridized carbons (Fsp3) is 0.308. The topological polar surface area (TPSA) is 101 Å². The van der Waals surface area contributed by atoms with Gasteiger partial charge in [-0.25, -0.2) is 4.79 Å². The molecule has 1 aromatic carbocycles. The Morgan fingerprint density at radius 2 is 1.74 bits per heavy atom. The Kier molecular flexibility index (Phi) is 3.50. The summed E-state index contributed by atoms with van der Waals surface area (Å²) in [6.07, 6.45) is 1.16. The maximum Gasteiger partial charge on any atom is 0.326 e. The molecule has 0 unspecified atom stereocenters. The molecule has 1 aliphatic heterocycles. The number of carbonyl (C=O) groups is 3. The first-order valence-corrected chi connectivity index (χ1v) is 5.94. The van der Waals surface area contributed by atoms with Crippen LogP contribution in [0.15, 0.2) is 24.3 Å². The Labute approximate surface area is 109 Å². The maximum atomic E-state index is 12.2. The number of carbonyl (C=O) groups excluding carboxylic acids is 2. The molecule has 2 amide bonds. The Balaban J connectivity index is 2.19. The van der Waals surface area contributed by atoms with E-state index in [1.54, 1.807) is 0 Å². The lowest BCUT2D eigenvalue weighted by atomic mass is 10.1. The zero-order valence-corrected chi connectivity index (χ0v) is 10.2. The quantitative estimate of drug-likeness (QED) is 0.827. The fourth-order valence-corrected chi connectivity index (χ4v) is 2.21. The van der Waals surface area contributed by atoms with Gasteiger partial charge in [-0.2, -0.15) is 0 Å². The van der Waals surface area contributed by atoms with Crippen LogP contribution in [-0.2, 0) is 4.79 Å². The van der Waals surface area contributed by atoms with Gasteiger partial charge >= 0.3 is 5.97 Å². The second kappa shape index (κ2) is 5.09. The molecular formula is C13H14N2O4. The average Bonchev–Trinajstić information content (AvgIpc) is 2.87. The van der Waals surface area contributed by atoms with E-state index in [0.29, 0.717) is 30.5 Å². The van der Waals surface area contributed by atoms with Crippen LogP contribution in [0.25, 0.3) is 0 Å². The number of carboxylic acids is 1. The lowest BCUT2D eigenvalue weighted by Crippen LogP contribution is -2.40. The van der Waals surface area contributed by atoms with E-state index in [1.807, 2.05) is 0 Å². The number of aliphatic carboxylic acids is 1. The SMILES string of the molecule is NC(=O)c1ccc(C(=O)N2CCC[C@@H]2C(=O)O)cc1. The van der Waals surface area contributed by atoms with Crippen LogP contribution in [0.1, 0.15) is 33.6 Å². The predicted molar refractivity (Wildman–Crippen MR) is 66.7 cm³/mol. The summed E-state index contributed by atoms with van der Waals surface area (Å²) >= 11 is 0. The average molecular weight is 262 g/mol. The number of amides is 2. The summed E-state index contributed by atoms with van der Waals surface area (Å²) in [6.45, 7) is 0.438. The molecule has 1 saturated heterocycles. The Bertz CT molecular complexity index is 524. The van der Waals surface area contributed by atoms with Crippen molar-refractivity contribution >= 4 is 17.8 Å². The highest BCUT2D eigenvalue weighted by Crippen LogP contribution is 2.20. The van der Waals surface area contributed by atoms with E-state index in [-0.39, 0.29) is 5.91 Å². The van der Waals surface area contributed by atoms with Crippen LogP contribution in [0.4, 0.5) is 0 Å². The highest BCUT2D eigenvalue weighted by Gasteiger charge is 2.34. The van der Waals surface area contributed by atoms with Gasteiger partial charge in [0.2, 0.25) is 5.91 Å². The summed E-state index contributed by atoms with van der Waals surface area (Å²) in [5, 5.41) is 9.04. The van der Waals surface area contributed by atoms with Crippen LogP contribution in [-0.4, -0.2) is 40.4 Å². The number of likely N-dealkylation sites (tertiary alicyclic amines) is 1. The zero-order valence-electron chi connectivity index (χ0n) is 10.2. The summed E-state index contributed by atoms with van der Waals surface area (Å²) in [5.74, 6) is -1.89. The third-order valence-electron chi connectivity index (χ3n) is 3.22. The van der Waals surface area contributed by atoms with Gasteiger partial charge < -0.3 is 15.7 Å². The van der Waals surface area contributed by atoms with Gasteiger partial charge in [0, 0.05) is 17.7 Å². The first-order valence-electron chi connectivity index (χ1n) is 5.94. The molecule has 1 heterocycles. The molecule has 6 heteroatoms. The molecule has 6 nitrogen and oxygen atoms in total. The van der Waals surface area contributed by atoms with Gasteiger partial charge in [0.05, 0.1) is 0 Å². The smallest absolute Gasteiger partial charge is 0.326 e. The molecule has 2 rings (SSSR count). The van der Waals surface area contributed by atoms with Crippen molar-refractivity contribution in [2.24, 2.45) is 5.73 Å². The van der Waals surface area contributed by atoms with Gasteiger partial charge in [0.15, 0.2) is 0 Å². The molecule has 1 aliphatic rings. The van der Waals surface area contributed by atoms with Gasteiger partial charge in [-0.1, -0.05) is 0 Å². The molecule has 0 bridgehead atoms. The van der Waals surface area contributed by atoms with Crippen molar-refractivity contribution in [2.45, 2.75) is 18.9 Å². The van der Waals surface area contributed by atoms with Crippen LogP contribution >= 0.6 is 0 Å². The van der Waals surface area contributed by atoms with Crippen molar-refractivity contribution < 1.29 is 19.5 Å². The first-order chi connectivity index (χ1) is 9.00. The molecule has 0 spiro atoms. The van der Waals surface area contributed by atoms with Gasteiger partial charge in [-0.05, 0) is 37.1 Å². The molecule has 0 aliphatic carbocycles. The predicted octanol–water partition coefficient (Wildman–Crippen LogP) is 0.475. The number of hydrogen-bond acceptors (Lipinski definition) is 3. The Hall–Kier alpha value is -2.37. The van der Waals surface area contributed by atoms with E-state index in [4.69, 9.17) is 10.8 Å². The summed E-state index contributed by atoms with van der Waals surface area (Å²) in [6, 6.07) is 5.13. The lowest BCUT2D eigenvalue weighted by Gasteiger charge is -2.21. The monoisotopic (exact) mass is 262 g/mol. The maximum absolute atomic E-state index is 12.2. The van der Waals surface area contributed by atoms with Crippen molar-refractivity contribution in [3.63, 3.8) is 0 Å². The van der Waals surface area contributed by atoms with Gasteiger partial charge in [-0.15, -0.1) is 0 Å². The van der Waals surface area contributed by atoms with Gasteiger partial charge in [0.1, 0.15) is 6.04 Å². The summed E-state index contributed by atoms with van der Waals surface area (Å²) in [5.41, 5.74) is 5.78. The number of nitrogens with zero attached hydrogens (tertiary/aromatic N) is 1. The fourth-order valence-electron chi connectivity index (χ4n) is 2.21. The van der Waals surface area contributed by atoms with E-state index in [1.165, 1.54) is 29.2 Å². The third kappa shape index (κ3) is 2.57. The van der Waals surface area contributed by atoms with E-state index < -0.39 is 17.9 Å². The van der Waals surface area contributed by atoms with E-state index in [0.717, 1.165) is 0 Å². The van der Waals surface area contributed by atoms with E-state index in [2.05, 4.69) is 0 Å². The molecule has 1 aromatic rings. The molecular weight excluding hydrogens is 248 g/mol. The van der Waals surface area contributed by atoms with Crippen LogP contribution in [0.5, 0.6) is 0 Å². The Morgan fingerprint density at radius 1 is 1.16 bits per heavy atom. The zero-order chi connectivity index (χ0) is 14.0. The number of carboxylic acid groups (broad SMARTS) is 1. The van der Waals surface area contributed by atoms with Crippen LogP contribution in [0.2, 0.25) is 0 Å². The summed E-state index contributed by atoms with van der Waals surface area (Å²) in [7, 11) is 0. The second-order valence-corrected chi connectivity index (χ2v) is 4.44. The molecule has 19 heavy (non-hydrogen) atoms. The minimum absolute atomic E-state index is 0.313. The second-order valence-electron chi connectivity index (χ2n) is 4.44. The highest BCUT2D eigenvalue weighted by atomic mass is 16.4. The van der Waals surface area contributed by atoms with Crippen LogP contribution in [0.3, 0.4) is 0 Å². The first kappa shape index (κ1) is 13.1. The summed E-state index contributed by atoms with van der Waals surface area (Å²) in [4.78, 5) is 35.5. The van der Waals surface area contributed by atoms with Gasteiger partial charge in [-0.3, -0.25) is 9.59 Å². The minimum Gasteiger partial charge on any atom is -0.480 e. The van der Waals surface area contributed by atoms with Crippen molar-refractivity contribution in [1.82, 2.24) is 4.90 Å². The van der Waals surface area contributed by atoms with Crippen molar-refractivity contribution in [1.29, 1.82) is 0 Å². The Morgan fingerprint density at radius 3 is 2.26 bits per heavy atom. The van der Waals surface area contributed by atoms with Gasteiger partial charge in [0.25, 0.3) is 5.91 Å². The van der Waals surface area contributed by atoms with Crippen molar-refractivity contribution in [3.05, 3.63) is 35.4 Å². The van der Waals surface area contributed by atoms with E-state index in [9.17, 15) is 14.4 Å². The molecule has 0 aromatic heterocycles. The highest BCUT2D eigenvalue weighted by molar-refractivity contribution is 5.98. The molecule has 0 saturated carbocycles. The van der Waals surface area contributed by atoms with Crippen molar-refractivity contribution in [3.8, 4) is 0 Å². The lowest BCUT2D eigenvalue weighted by molar-refractivity contribution is -0.141. The number of primary amides is 1. The molecule has 0 radical (unpaired) electrons. The minimum atomic E-state index is -0.986. The standard InChI is InChI=1S/C13H14N2O4/c14-11(16)8-3-5-9(6-4-8)12(17)15-7-1-2-10(15)13(18)19/h3-6,10H,1-2,7H2,(H2,14,16)(H,18,19)/t10-/m1/s1. The number of hydrogen-bond donors (Lipinski definition) is 2. The number of benzene rings is 1. The molecule has 1 atom stereocenters. The van der Waals surface area contributed by atoms with Crippen LogP contribution in [0, 0.1) is 0 Å². The largest absolute Gasteiger partial charge is 0.480 e. The molecule has 3 N–H and O–H groups in total.